The van der Waals surface area contributed by atoms with E-state index >= 15 is 0 Å². The molecular weight excluding hydrogens is 347 g/mol. The van der Waals surface area contributed by atoms with Crippen molar-refractivity contribution in [3.63, 3.8) is 0 Å². The number of nitrogens with one attached hydrogen (secondary N) is 2. The number of amides is 2. The van der Waals surface area contributed by atoms with Gasteiger partial charge in [-0.15, -0.1) is 0 Å². The van der Waals surface area contributed by atoms with Gasteiger partial charge in [0.2, 0.25) is 5.91 Å². The molecular formula is C20H23FN4O2. The van der Waals surface area contributed by atoms with Crippen LogP contribution < -0.4 is 10.6 Å². The predicted molar refractivity (Wildman–Crippen MR) is 103 cm³/mol. The highest BCUT2D eigenvalue weighted by Gasteiger charge is 2.18. The molecule has 0 aliphatic carbocycles. The molecule has 1 aliphatic rings. The minimum Gasteiger partial charge on any atom is -0.324 e. The largest absolute Gasteiger partial charge is 0.324 e. The third-order valence-electron chi connectivity index (χ3n) is 4.51. The number of benzene rings is 2. The molecule has 27 heavy (non-hydrogen) atoms. The molecule has 2 N–H and O–H groups in total. The summed E-state index contributed by atoms with van der Waals surface area (Å²) in [6.07, 6.45) is 0. The number of anilines is 2. The van der Waals surface area contributed by atoms with E-state index in [1.807, 2.05) is 0 Å². The van der Waals surface area contributed by atoms with Crippen molar-refractivity contribution in [1.82, 2.24) is 9.80 Å². The van der Waals surface area contributed by atoms with Crippen LogP contribution in [0.4, 0.5) is 15.8 Å². The third-order valence-corrected chi connectivity index (χ3v) is 4.51. The molecule has 0 aromatic heterocycles. The van der Waals surface area contributed by atoms with Crippen molar-refractivity contribution in [2.45, 2.75) is 0 Å². The number of nitrogens with zero attached hydrogens (tertiary/aromatic N) is 2. The number of para-hydroxylation sites is 1. The number of carbonyl (C=O) groups excluding carboxylic acids is 2. The van der Waals surface area contributed by atoms with E-state index in [2.05, 4.69) is 27.5 Å². The average molecular weight is 370 g/mol. The lowest BCUT2D eigenvalue weighted by Crippen LogP contribution is -2.47. The van der Waals surface area contributed by atoms with Gasteiger partial charge in [0, 0.05) is 31.9 Å². The highest BCUT2D eigenvalue weighted by Crippen LogP contribution is 2.18. The van der Waals surface area contributed by atoms with Crippen LogP contribution in [0.15, 0.2) is 48.5 Å². The molecule has 2 amide bonds. The fraction of sp³-hybridized carbons (Fsp3) is 0.300. The second-order valence-electron chi connectivity index (χ2n) is 6.63. The van der Waals surface area contributed by atoms with E-state index in [0.29, 0.717) is 23.5 Å². The Morgan fingerprint density at radius 1 is 0.963 bits per heavy atom. The smallest absolute Gasteiger partial charge is 0.257 e. The Morgan fingerprint density at radius 3 is 2.33 bits per heavy atom. The molecule has 142 valence electrons. The normalized spacial score (nSPS) is 15.3. The van der Waals surface area contributed by atoms with E-state index < -0.39 is 0 Å². The van der Waals surface area contributed by atoms with Gasteiger partial charge in [0.15, 0.2) is 0 Å². The topological polar surface area (TPSA) is 64.7 Å². The van der Waals surface area contributed by atoms with E-state index in [-0.39, 0.29) is 17.6 Å². The SMILES string of the molecule is CN1CCN(CC(=O)Nc2ccccc2C(=O)Nc2ccc(F)cc2)CC1. The van der Waals surface area contributed by atoms with Crippen molar-refractivity contribution in [2.75, 3.05) is 50.4 Å². The van der Waals surface area contributed by atoms with Gasteiger partial charge in [0.1, 0.15) is 5.82 Å². The van der Waals surface area contributed by atoms with Crippen LogP contribution in [0.5, 0.6) is 0 Å². The van der Waals surface area contributed by atoms with Gasteiger partial charge in [-0.2, -0.15) is 0 Å². The van der Waals surface area contributed by atoms with Gasteiger partial charge in [-0.1, -0.05) is 12.1 Å². The van der Waals surface area contributed by atoms with Crippen LogP contribution in [0.3, 0.4) is 0 Å². The molecule has 0 bridgehead atoms. The van der Waals surface area contributed by atoms with Gasteiger partial charge in [0.05, 0.1) is 17.8 Å². The molecule has 6 nitrogen and oxygen atoms in total. The molecule has 1 saturated heterocycles. The molecule has 1 fully saturated rings. The lowest BCUT2D eigenvalue weighted by molar-refractivity contribution is -0.117. The van der Waals surface area contributed by atoms with E-state index in [4.69, 9.17) is 0 Å². The van der Waals surface area contributed by atoms with Gasteiger partial charge in [0.25, 0.3) is 5.91 Å². The van der Waals surface area contributed by atoms with E-state index in [9.17, 15) is 14.0 Å². The first-order valence-electron chi connectivity index (χ1n) is 8.88. The van der Waals surface area contributed by atoms with Gasteiger partial charge >= 0.3 is 0 Å². The second kappa shape index (κ2) is 8.75. The minimum atomic E-state index is -0.371. The molecule has 0 atom stereocenters. The lowest BCUT2D eigenvalue weighted by Gasteiger charge is -2.31. The Kier molecular flexibility index (Phi) is 6.16. The maximum atomic E-state index is 13.0. The number of halogens is 1. The van der Waals surface area contributed by atoms with Gasteiger partial charge in [-0.05, 0) is 43.4 Å². The minimum absolute atomic E-state index is 0.151. The molecule has 2 aromatic rings. The van der Waals surface area contributed by atoms with Crippen LogP contribution >= 0.6 is 0 Å². The standard InChI is InChI=1S/C20H23FN4O2/c1-24-10-12-25(13-11-24)14-19(26)23-18-5-3-2-4-17(18)20(27)22-16-8-6-15(21)7-9-16/h2-9H,10-14H2,1H3,(H,22,27)(H,23,26). The molecule has 7 heteroatoms. The summed E-state index contributed by atoms with van der Waals surface area (Å²) in [4.78, 5) is 29.3. The highest BCUT2D eigenvalue weighted by molar-refractivity contribution is 6.10. The first kappa shape index (κ1) is 19.0. The molecule has 1 heterocycles. The number of rotatable bonds is 5. The van der Waals surface area contributed by atoms with Gasteiger partial charge in [-0.25, -0.2) is 4.39 Å². The fourth-order valence-corrected chi connectivity index (χ4v) is 2.92. The van der Waals surface area contributed by atoms with Gasteiger partial charge in [-0.3, -0.25) is 14.5 Å². The van der Waals surface area contributed by atoms with Crippen molar-refractivity contribution in [1.29, 1.82) is 0 Å². The lowest BCUT2D eigenvalue weighted by atomic mass is 10.1. The first-order valence-corrected chi connectivity index (χ1v) is 8.88. The van der Waals surface area contributed by atoms with Crippen molar-refractivity contribution in [2.24, 2.45) is 0 Å². The van der Waals surface area contributed by atoms with Crippen LogP contribution in [0, 0.1) is 5.82 Å². The summed E-state index contributed by atoms with van der Waals surface area (Å²) in [6.45, 7) is 3.85. The zero-order chi connectivity index (χ0) is 19.2. The fourth-order valence-electron chi connectivity index (χ4n) is 2.92. The summed E-state index contributed by atoms with van der Waals surface area (Å²) in [5.41, 5.74) is 1.30. The number of carbonyl (C=O) groups is 2. The average Bonchev–Trinajstić information content (AvgIpc) is 2.66. The third kappa shape index (κ3) is 5.35. The summed E-state index contributed by atoms with van der Waals surface area (Å²) < 4.78 is 13.0. The van der Waals surface area contributed by atoms with Crippen molar-refractivity contribution < 1.29 is 14.0 Å². The van der Waals surface area contributed by atoms with E-state index in [1.165, 1.54) is 24.3 Å². The van der Waals surface area contributed by atoms with Crippen LogP contribution in [-0.4, -0.2) is 61.4 Å². The van der Waals surface area contributed by atoms with E-state index in [0.717, 1.165) is 26.2 Å². The molecule has 2 aromatic carbocycles. The van der Waals surface area contributed by atoms with E-state index in [1.54, 1.807) is 24.3 Å². The van der Waals surface area contributed by atoms with Gasteiger partial charge < -0.3 is 15.5 Å². The number of hydrogen-bond acceptors (Lipinski definition) is 4. The zero-order valence-corrected chi connectivity index (χ0v) is 15.2. The molecule has 0 spiro atoms. The number of likely N-dealkylation sites (N-methyl/N-ethyl adjacent to an activating group) is 1. The van der Waals surface area contributed by atoms with Crippen LogP contribution in [-0.2, 0) is 4.79 Å². The van der Waals surface area contributed by atoms with Crippen LogP contribution in [0.2, 0.25) is 0 Å². The first-order chi connectivity index (χ1) is 13.0. The Labute approximate surface area is 158 Å². The summed E-state index contributed by atoms with van der Waals surface area (Å²) in [5, 5.41) is 5.54. The second-order valence-corrected chi connectivity index (χ2v) is 6.63. The van der Waals surface area contributed by atoms with Crippen LogP contribution in [0.25, 0.3) is 0 Å². The Morgan fingerprint density at radius 2 is 1.63 bits per heavy atom. The maximum absolute atomic E-state index is 13.0. The Bertz CT molecular complexity index is 802. The van der Waals surface area contributed by atoms with Crippen molar-refractivity contribution in [3.8, 4) is 0 Å². The summed E-state index contributed by atoms with van der Waals surface area (Å²) in [6, 6.07) is 12.4. The molecule has 1 aliphatic heterocycles. The number of piperazine rings is 1. The molecule has 0 unspecified atom stereocenters. The molecule has 0 radical (unpaired) electrons. The summed E-state index contributed by atoms with van der Waals surface area (Å²) in [7, 11) is 2.06. The number of hydrogen-bond donors (Lipinski definition) is 2. The molecule has 3 rings (SSSR count). The van der Waals surface area contributed by atoms with Crippen molar-refractivity contribution >= 4 is 23.2 Å². The highest BCUT2D eigenvalue weighted by atomic mass is 19.1. The van der Waals surface area contributed by atoms with Crippen molar-refractivity contribution in [3.05, 3.63) is 59.9 Å². The van der Waals surface area contributed by atoms with Crippen LogP contribution in [0.1, 0.15) is 10.4 Å². The molecule has 0 saturated carbocycles. The Balaban J connectivity index is 1.63. The zero-order valence-electron chi connectivity index (χ0n) is 15.2. The quantitative estimate of drug-likeness (QED) is 0.848. The monoisotopic (exact) mass is 370 g/mol. The predicted octanol–water partition coefficient (Wildman–Crippen LogP) is 2.26. The summed E-state index contributed by atoms with van der Waals surface area (Å²) in [5.74, 6) is -0.886. The summed E-state index contributed by atoms with van der Waals surface area (Å²) >= 11 is 0. The maximum Gasteiger partial charge on any atom is 0.257 e. The Hall–Kier alpha value is -2.77.